The molecule has 0 aliphatic carbocycles. The predicted molar refractivity (Wildman–Crippen MR) is 128 cm³/mol. The summed E-state index contributed by atoms with van der Waals surface area (Å²) in [6.07, 6.45) is -8.23. The van der Waals surface area contributed by atoms with E-state index < -0.39 is 39.8 Å². The van der Waals surface area contributed by atoms with Gasteiger partial charge in [0.25, 0.3) is 5.91 Å². The van der Waals surface area contributed by atoms with Gasteiger partial charge in [0.15, 0.2) is 17.1 Å². The van der Waals surface area contributed by atoms with Gasteiger partial charge in [0.1, 0.15) is 5.56 Å². The van der Waals surface area contributed by atoms with E-state index in [-0.39, 0.29) is 27.9 Å². The smallest absolute Gasteiger partial charge is 0.289 e. The number of carbonyl (C=O) groups excluding carboxylic acids is 1. The highest BCUT2D eigenvalue weighted by molar-refractivity contribution is 6.33. The molecular weight excluding hydrogens is 565 g/mol. The Kier molecular flexibility index (Phi) is 7.89. The number of rotatable bonds is 5. The van der Waals surface area contributed by atoms with Gasteiger partial charge in [-0.05, 0) is 26.0 Å². The molecular formula is C22H18Cl2F6N6O2. The van der Waals surface area contributed by atoms with Gasteiger partial charge in [0, 0.05) is 38.2 Å². The summed E-state index contributed by atoms with van der Waals surface area (Å²) in [4.78, 5) is 33.2. The van der Waals surface area contributed by atoms with Crippen molar-refractivity contribution in [2.45, 2.75) is 26.2 Å². The average molecular weight is 583 g/mol. The second-order valence-electron chi connectivity index (χ2n) is 8.00. The fraction of sp³-hybridized carbons (Fsp3) is 0.273. The summed E-state index contributed by atoms with van der Waals surface area (Å²) >= 11 is 12.0. The van der Waals surface area contributed by atoms with Crippen LogP contribution in [0.2, 0.25) is 10.0 Å². The maximum atomic E-state index is 13.0. The Morgan fingerprint density at radius 1 is 0.895 bits per heavy atom. The number of hydrazine groups is 1. The van der Waals surface area contributed by atoms with Crippen LogP contribution in [0.25, 0.3) is 0 Å². The minimum absolute atomic E-state index is 0.0626. The standard InChI is InChI=1S/C22H18Cl2F6N6O2/c1-10-5-16(37)17(20(38)33-34(3)18-14(23)6-12(8-31-18)21(25,26)27)11(2)36(10)35(4)19-15(24)7-13(9-32-19)22(28,29)30/h5-9H,1-4H3,(H,33,38). The van der Waals surface area contributed by atoms with Gasteiger partial charge >= 0.3 is 12.4 Å². The Hall–Kier alpha value is -3.52. The predicted octanol–water partition coefficient (Wildman–Crippen LogP) is 5.28. The summed E-state index contributed by atoms with van der Waals surface area (Å²) < 4.78 is 79.0. The quantitative estimate of drug-likeness (QED) is 0.325. The van der Waals surface area contributed by atoms with E-state index in [1.54, 1.807) is 0 Å². The number of aryl methyl sites for hydroxylation is 1. The normalized spacial score (nSPS) is 11.9. The molecule has 0 fully saturated rings. The Morgan fingerprint density at radius 2 is 1.37 bits per heavy atom. The highest BCUT2D eigenvalue weighted by atomic mass is 35.5. The molecule has 0 aliphatic heterocycles. The van der Waals surface area contributed by atoms with Crippen LogP contribution in [0.1, 0.15) is 32.9 Å². The van der Waals surface area contributed by atoms with Crippen LogP contribution in [0.4, 0.5) is 38.0 Å². The van der Waals surface area contributed by atoms with Gasteiger partial charge in [0.2, 0.25) is 0 Å². The molecule has 8 nitrogen and oxygen atoms in total. The molecule has 0 aliphatic rings. The fourth-order valence-corrected chi connectivity index (χ4v) is 4.20. The van der Waals surface area contributed by atoms with Crippen LogP contribution in [-0.4, -0.2) is 34.6 Å². The molecule has 16 heteroatoms. The number of halogens is 8. The van der Waals surface area contributed by atoms with E-state index in [1.807, 2.05) is 0 Å². The van der Waals surface area contributed by atoms with E-state index in [9.17, 15) is 35.9 Å². The Morgan fingerprint density at radius 3 is 1.82 bits per heavy atom. The lowest BCUT2D eigenvalue weighted by molar-refractivity contribution is -0.138. The molecule has 204 valence electrons. The van der Waals surface area contributed by atoms with Gasteiger partial charge in [-0.2, -0.15) is 26.3 Å². The number of aromatic nitrogens is 3. The topological polar surface area (TPSA) is 83.4 Å². The summed E-state index contributed by atoms with van der Waals surface area (Å²) in [5, 5.41) is 1.43. The summed E-state index contributed by atoms with van der Waals surface area (Å²) in [7, 11) is 2.66. The molecule has 1 amide bonds. The van der Waals surface area contributed by atoms with Crippen molar-refractivity contribution in [2.75, 3.05) is 24.1 Å². The lowest BCUT2D eigenvalue weighted by Crippen LogP contribution is -2.43. The molecule has 0 saturated heterocycles. The van der Waals surface area contributed by atoms with E-state index in [1.165, 1.54) is 37.6 Å². The summed E-state index contributed by atoms with van der Waals surface area (Å²) in [5.74, 6) is -1.28. The number of nitrogens with zero attached hydrogens (tertiary/aromatic N) is 5. The molecule has 3 aromatic rings. The van der Waals surface area contributed by atoms with Gasteiger partial charge in [0.05, 0.1) is 26.9 Å². The molecule has 0 atom stereocenters. The molecule has 0 spiro atoms. The Bertz CT molecular complexity index is 1460. The van der Waals surface area contributed by atoms with Gasteiger partial charge in [-0.3, -0.25) is 29.7 Å². The molecule has 0 bridgehead atoms. The Labute approximate surface area is 221 Å². The van der Waals surface area contributed by atoms with E-state index in [2.05, 4.69) is 15.4 Å². The lowest BCUT2D eigenvalue weighted by atomic mass is 10.1. The summed E-state index contributed by atoms with van der Waals surface area (Å²) in [5.41, 5.74) is -0.553. The van der Waals surface area contributed by atoms with Crippen LogP contribution in [0, 0.1) is 13.8 Å². The van der Waals surface area contributed by atoms with E-state index in [4.69, 9.17) is 23.2 Å². The molecule has 0 aromatic carbocycles. The van der Waals surface area contributed by atoms with Crippen molar-refractivity contribution in [3.8, 4) is 0 Å². The highest BCUT2D eigenvalue weighted by Crippen LogP contribution is 2.34. The zero-order valence-corrected chi connectivity index (χ0v) is 21.5. The van der Waals surface area contributed by atoms with Crippen molar-refractivity contribution in [3.05, 3.63) is 78.9 Å². The van der Waals surface area contributed by atoms with Crippen molar-refractivity contribution in [1.29, 1.82) is 0 Å². The number of hydrogen-bond acceptors (Lipinski definition) is 6. The van der Waals surface area contributed by atoms with Gasteiger partial charge < -0.3 is 0 Å². The van der Waals surface area contributed by atoms with Crippen molar-refractivity contribution >= 4 is 40.7 Å². The van der Waals surface area contributed by atoms with Crippen molar-refractivity contribution in [2.24, 2.45) is 0 Å². The fourth-order valence-electron chi connectivity index (χ4n) is 3.62. The first kappa shape index (κ1) is 29.0. The summed E-state index contributed by atoms with van der Waals surface area (Å²) in [6.45, 7) is 2.92. The second kappa shape index (κ2) is 10.3. The largest absolute Gasteiger partial charge is 0.417 e. The lowest BCUT2D eigenvalue weighted by Gasteiger charge is -2.28. The number of hydrogen-bond donors (Lipinski definition) is 1. The number of nitrogens with one attached hydrogen (secondary N) is 1. The maximum Gasteiger partial charge on any atom is 0.417 e. The van der Waals surface area contributed by atoms with Gasteiger partial charge in [-0.1, -0.05) is 23.2 Å². The number of amides is 1. The van der Waals surface area contributed by atoms with Crippen LogP contribution in [0.15, 0.2) is 35.4 Å². The molecule has 3 aromatic heterocycles. The second-order valence-corrected chi connectivity index (χ2v) is 8.81. The van der Waals surface area contributed by atoms with Gasteiger partial charge in [-0.15, -0.1) is 0 Å². The molecule has 0 saturated carbocycles. The average Bonchev–Trinajstić information content (AvgIpc) is 2.77. The summed E-state index contributed by atoms with van der Waals surface area (Å²) in [6, 6.07) is 2.43. The van der Waals surface area contributed by atoms with Crippen LogP contribution < -0.4 is 20.9 Å². The first-order valence-electron chi connectivity index (χ1n) is 10.4. The number of carbonyl (C=O) groups is 1. The van der Waals surface area contributed by atoms with Gasteiger partial charge in [-0.25, -0.2) is 9.97 Å². The molecule has 0 radical (unpaired) electrons. The van der Waals surface area contributed by atoms with Crippen molar-refractivity contribution in [3.63, 3.8) is 0 Å². The zero-order chi connectivity index (χ0) is 28.7. The highest BCUT2D eigenvalue weighted by Gasteiger charge is 2.33. The van der Waals surface area contributed by atoms with E-state index in [0.717, 1.165) is 11.1 Å². The SMILES string of the molecule is Cc1cc(=O)c(C(=O)NN(C)c2ncc(C(F)(F)F)cc2Cl)c(C)n1N(C)c1ncc(C(F)(F)F)cc1Cl. The molecule has 1 N–H and O–H groups in total. The molecule has 0 unspecified atom stereocenters. The third kappa shape index (κ3) is 5.80. The molecule has 38 heavy (non-hydrogen) atoms. The van der Waals surface area contributed by atoms with Crippen molar-refractivity contribution < 1.29 is 31.1 Å². The molecule has 3 rings (SSSR count). The minimum Gasteiger partial charge on any atom is -0.289 e. The minimum atomic E-state index is -4.68. The van der Waals surface area contributed by atoms with Crippen LogP contribution in [-0.2, 0) is 12.4 Å². The third-order valence-corrected chi connectivity index (χ3v) is 5.87. The van der Waals surface area contributed by atoms with E-state index >= 15 is 0 Å². The maximum absolute atomic E-state index is 13.0. The monoisotopic (exact) mass is 582 g/mol. The first-order valence-corrected chi connectivity index (χ1v) is 11.2. The number of anilines is 2. The number of pyridine rings is 3. The van der Waals surface area contributed by atoms with Crippen molar-refractivity contribution in [1.82, 2.24) is 20.1 Å². The first-order chi connectivity index (χ1) is 17.4. The zero-order valence-electron chi connectivity index (χ0n) is 20.0. The number of alkyl halides is 6. The van der Waals surface area contributed by atoms with Crippen LogP contribution >= 0.6 is 23.2 Å². The van der Waals surface area contributed by atoms with Crippen LogP contribution in [0.5, 0.6) is 0 Å². The Balaban J connectivity index is 1.97. The molecule has 3 heterocycles. The third-order valence-electron chi connectivity index (χ3n) is 5.32. The van der Waals surface area contributed by atoms with Crippen LogP contribution in [0.3, 0.4) is 0 Å². The van der Waals surface area contributed by atoms with E-state index in [0.29, 0.717) is 30.2 Å².